The fraction of sp³-hybridized carbons (Fsp3) is 0.333. The molecule has 0 unspecified atom stereocenters. The van der Waals surface area contributed by atoms with E-state index in [0.717, 1.165) is 11.1 Å². The summed E-state index contributed by atoms with van der Waals surface area (Å²) in [5, 5.41) is 9.35. The van der Waals surface area contributed by atoms with Gasteiger partial charge in [-0.15, -0.1) is 0 Å². The summed E-state index contributed by atoms with van der Waals surface area (Å²) in [5.74, 6) is 0. The Hall–Kier alpha value is -0.770. The minimum atomic E-state index is 0.0706. The monoisotopic (exact) mass is 200 g/mol. The van der Waals surface area contributed by atoms with E-state index >= 15 is 0 Å². The highest BCUT2D eigenvalue weighted by Gasteiger charge is 2.04. The van der Waals surface area contributed by atoms with E-state index in [2.05, 4.69) is 0 Å². The number of hydrogen-bond acceptors (Lipinski definition) is 3. The van der Waals surface area contributed by atoms with E-state index in [0.29, 0.717) is 23.7 Å². The van der Waals surface area contributed by atoms with E-state index in [-0.39, 0.29) is 6.61 Å². The molecule has 1 aromatic rings. The van der Waals surface area contributed by atoms with Gasteiger partial charge in [0.05, 0.1) is 0 Å². The van der Waals surface area contributed by atoms with Crippen LogP contribution in [0.3, 0.4) is 0 Å². The van der Waals surface area contributed by atoms with Crippen LogP contribution in [-0.4, -0.2) is 11.7 Å². The van der Waals surface area contributed by atoms with E-state index in [4.69, 9.17) is 28.2 Å². The molecule has 0 radical (unpaired) electrons. The highest BCUT2D eigenvalue weighted by Crippen LogP contribution is 2.23. The van der Waals surface area contributed by atoms with Crippen molar-refractivity contribution in [2.75, 3.05) is 12.3 Å². The summed E-state index contributed by atoms with van der Waals surface area (Å²) >= 11 is 5.94. The normalized spacial score (nSPS) is 10.4. The maximum Gasteiger partial charge on any atom is 0.0471 e. The molecule has 3 nitrogen and oxygen atoms in total. The molecule has 0 heterocycles. The predicted molar refractivity (Wildman–Crippen MR) is 54.5 cm³/mol. The van der Waals surface area contributed by atoms with Crippen LogP contribution in [0.4, 0.5) is 5.69 Å². The van der Waals surface area contributed by atoms with Crippen LogP contribution < -0.4 is 11.5 Å². The van der Waals surface area contributed by atoms with Crippen LogP contribution >= 0.6 is 11.6 Å². The molecular formula is C9H13ClN2O. The van der Waals surface area contributed by atoms with Crippen LogP contribution in [-0.2, 0) is 13.0 Å². The van der Waals surface area contributed by atoms with Gasteiger partial charge in [-0.2, -0.15) is 0 Å². The maximum atomic E-state index is 8.74. The van der Waals surface area contributed by atoms with Crippen LogP contribution in [0.5, 0.6) is 0 Å². The molecule has 0 saturated carbocycles. The summed E-state index contributed by atoms with van der Waals surface area (Å²) in [5.41, 5.74) is 13.5. The smallest absolute Gasteiger partial charge is 0.0471 e. The lowest BCUT2D eigenvalue weighted by Gasteiger charge is -2.08. The lowest BCUT2D eigenvalue weighted by Crippen LogP contribution is -2.03. The van der Waals surface area contributed by atoms with Crippen molar-refractivity contribution >= 4 is 17.3 Å². The third-order valence-electron chi connectivity index (χ3n) is 1.91. The summed E-state index contributed by atoms with van der Waals surface area (Å²) in [7, 11) is 0. The Bertz CT molecular complexity index is 302. The zero-order valence-electron chi connectivity index (χ0n) is 7.26. The van der Waals surface area contributed by atoms with E-state index in [1.165, 1.54) is 0 Å². The molecule has 0 aliphatic heterocycles. The summed E-state index contributed by atoms with van der Waals surface area (Å²) in [4.78, 5) is 0. The van der Waals surface area contributed by atoms with Gasteiger partial charge in [-0.25, -0.2) is 0 Å². The molecule has 0 atom stereocenters. The number of nitrogen functional groups attached to an aromatic ring is 1. The second-order valence-corrected chi connectivity index (χ2v) is 3.23. The molecule has 0 amide bonds. The minimum absolute atomic E-state index is 0.0706. The van der Waals surface area contributed by atoms with Gasteiger partial charge in [-0.05, 0) is 29.7 Å². The summed E-state index contributed by atoms with van der Waals surface area (Å²) in [6.07, 6.45) is 0.522. The Balaban J connectivity index is 3.05. The highest BCUT2D eigenvalue weighted by atomic mass is 35.5. The number of hydrogen-bond donors (Lipinski definition) is 3. The lowest BCUT2D eigenvalue weighted by molar-refractivity contribution is 0.299. The van der Waals surface area contributed by atoms with Crippen molar-refractivity contribution < 1.29 is 5.11 Å². The van der Waals surface area contributed by atoms with Crippen molar-refractivity contribution in [2.45, 2.75) is 13.0 Å². The summed E-state index contributed by atoms with van der Waals surface area (Å²) in [6.45, 7) is 0.450. The average Bonchev–Trinajstić information content (AvgIpc) is 2.11. The Morgan fingerprint density at radius 2 is 2.00 bits per heavy atom. The first kappa shape index (κ1) is 10.3. The SMILES string of the molecule is NCc1cc(Cl)c(CCO)cc1N. The first-order valence-electron chi connectivity index (χ1n) is 4.06. The Morgan fingerprint density at radius 1 is 1.31 bits per heavy atom. The van der Waals surface area contributed by atoms with E-state index in [1.54, 1.807) is 12.1 Å². The van der Waals surface area contributed by atoms with Crippen LogP contribution in [0.1, 0.15) is 11.1 Å². The number of aliphatic hydroxyl groups is 1. The number of benzene rings is 1. The van der Waals surface area contributed by atoms with Crippen LogP contribution in [0.15, 0.2) is 12.1 Å². The maximum absolute atomic E-state index is 8.74. The Morgan fingerprint density at radius 3 is 2.54 bits per heavy atom. The van der Waals surface area contributed by atoms with Gasteiger partial charge >= 0.3 is 0 Å². The van der Waals surface area contributed by atoms with Gasteiger partial charge in [-0.1, -0.05) is 11.6 Å². The van der Waals surface area contributed by atoms with Crippen molar-refractivity contribution in [1.82, 2.24) is 0 Å². The van der Waals surface area contributed by atoms with Gasteiger partial charge in [-0.3, -0.25) is 0 Å². The average molecular weight is 201 g/mol. The second kappa shape index (κ2) is 4.46. The molecule has 1 aromatic carbocycles. The standard InChI is InChI=1S/C9H13ClN2O/c10-8-3-7(5-11)9(12)4-6(8)1-2-13/h3-4,13H,1-2,5,11-12H2. The molecule has 0 aliphatic rings. The molecule has 0 spiro atoms. The van der Waals surface area contributed by atoms with E-state index in [9.17, 15) is 0 Å². The third-order valence-corrected chi connectivity index (χ3v) is 2.26. The van der Waals surface area contributed by atoms with Gasteiger partial charge < -0.3 is 16.6 Å². The molecule has 0 aromatic heterocycles. The minimum Gasteiger partial charge on any atom is -0.398 e. The number of nitrogens with two attached hydrogens (primary N) is 2. The molecule has 5 N–H and O–H groups in total. The zero-order valence-corrected chi connectivity index (χ0v) is 8.01. The van der Waals surface area contributed by atoms with Gasteiger partial charge in [0, 0.05) is 23.9 Å². The summed E-state index contributed by atoms with van der Waals surface area (Å²) in [6, 6.07) is 3.52. The topological polar surface area (TPSA) is 72.3 Å². The van der Waals surface area contributed by atoms with Crippen molar-refractivity contribution in [1.29, 1.82) is 0 Å². The van der Waals surface area contributed by atoms with Gasteiger partial charge in [0.25, 0.3) is 0 Å². The van der Waals surface area contributed by atoms with Crippen molar-refractivity contribution in [3.8, 4) is 0 Å². The van der Waals surface area contributed by atoms with Gasteiger partial charge in [0.15, 0.2) is 0 Å². The largest absolute Gasteiger partial charge is 0.398 e. The third kappa shape index (κ3) is 2.34. The number of rotatable bonds is 3. The van der Waals surface area contributed by atoms with Crippen LogP contribution in [0.2, 0.25) is 5.02 Å². The lowest BCUT2D eigenvalue weighted by atomic mass is 10.1. The first-order valence-corrected chi connectivity index (χ1v) is 4.44. The fourth-order valence-corrected chi connectivity index (χ4v) is 1.45. The van der Waals surface area contributed by atoms with Crippen LogP contribution in [0, 0.1) is 0 Å². The number of halogens is 1. The quantitative estimate of drug-likeness (QED) is 0.636. The summed E-state index contributed by atoms with van der Waals surface area (Å²) < 4.78 is 0. The van der Waals surface area contributed by atoms with Crippen LogP contribution in [0.25, 0.3) is 0 Å². The highest BCUT2D eigenvalue weighted by molar-refractivity contribution is 6.31. The molecule has 0 aliphatic carbocycles. The second-order valence-electron chi connectivity index (χ2n) is 2.82. The van der Waals surface area contributed by atoms with Crippen molar-refractivity contribution in [3.63, 3.8) is 0 Å². The number of anilines is 1. The molecule has 13 heavy (non-hydrogen) atoms. The molecule has 0 bridgehead atoms. The Kier molecular flexibility index (Phi) is 3.54. The Labute approximate surface area is 82.3 Å². The number of aliphatic hydroxyl groups excluding tert-OH is 1. The van der Waals surface area contributed by atoms with Gasteiger partial charge in [0.2, 0.25) is 0 Å². The zero-order chi connectivity index (χ0) is 9.84. The van der Waals surface area contributed by atoms with Gasteiger partial charge in [0.1, 0.15) is 0 Å². The van der Waals surface area contributed by atoms with Crippen molar-refractivity contribution in [3.05, 3.63) is 28.3 Å². The fourth-order valence-electron chi connectivity index (χ4n) is 1.17. The molecule has 0 fully saturated rings. The molecule has 1 rings (SSSR count). The molecular weight excluding hydrogens is 188 g/mol. The van der Waals surface area contributed by atoms with E-state index in [1.807, 2.05) is 0 Å². The predicted octanol–water partition coefficient (Wildman–Crippen LogP) is 0.916. The van der Waals surface area contributed by atoms with E-state index < -0.39 is 0 Å². The molecule has 0 saturated heterocycles. The first-order chi connectivity index (χ1) is 6.19. The van der Waals surface area contributed by atoms with Crippen molar-refractivity contribution in [2.24, 2.45) is 5.73 Å². The molecule has 4 heteroatoms. The molecule has 72 valence electrons.